The van der Waals surface area contributed by atoms with Gasteiger partial charge in [-0.2, -0.15) is 0 Å². The molecule has 0 aliphatic heterocycles. The molecule has 0 atom stereocenters. The molecule has 1 amide bonds. The molecule has 1 heterocycles. The summed E-state index contributed by atoms with van der Waals surface area (Å²) in [6.07, 6.45) is 1.34. The maximum absolute atomic E-state index is 12.4. The number of hydrogen-bond donors (Lipinski definition) is 0. The van der Waals surface area contributed by atoms with Crippen molar-refractivity contribution < 1.29 is 14.2 Å². The van der Waals surface area contributed by atoms with Crippen molar-refractivity contribution in [3.8, 4) is 11.3 Å². The van der Waals surface area contributed by atoms with E-state index in [1.54, 1.807) is 18.0 Å². The van der Waals surface area contributed by atoms with Gasteiger partial charge < -0.3 is 9.42 Å². The molecule has 2 aromatic carbocycles. The van der Waals surface area contributed by atoms with Crippen molar-refractivity contribution >= 4 is 11.6 Å². The fraction of sp³-hybridized carbons (Fsp3) is 0.200. The Hall–Kier alpha value is -3.48. The Labute approximate surface area is 156 Å². The molecular weight excluding hydrogens is 346 g/mol. The van der Waals surface area contributed by atoms with E-state index in [4.69, 9.17) is 4.52 Å². The van der Waals surface area contributed by atoms with Gasteiger partial charge in [-0.3, -0.25) is 14.9 Å². The normalized spacial score (nSPS) is 10.6. The standard InChI is InChI=1S/C20H19N3O4/c1-22(20(24)16-9-5-10-17(13-16)23(25)26)12-6-11-18-14-19(21-27-18)15-7-3-2-4-8-15/h2-5,7-10,13-14H,6,11-12H2,1H3. The summed E-state index contributed by atoms with van der Waals surface area (Å²) in [5, 5.41) is 14.9. The second kappa shape index (κ2) is 8.27. The average Bonchev–Trinajstić information content (AvgIpc) is 3.17. The van der Waals surface area contributed by atoms with Crippen molar-refractivity contribution in [1.29, 1.82) is 0 Å². The zero-order valence-corrected chi connectivity index (χ0v) is 14.9. The third kappa shape index (κ3) is 4.58. The molecule has 0 aliphatic rings. The van der Waals surface area contributed by atoms with E-state index in [-0.39, 0.29) is 11.6 Å². The number of non-ortho nitro benzene ring substituents is 1. The van der Waals surface area contributed by atoms with Crippen LogP contribution in [0.2, 0.25) is 0 Å². The van der Waals surface area contributed by atoms with E-state index in [1.807, 2.05) is 36.4 Å². The lowest BCUT2D eigenvalue weighted by molar-refractivity contribution is -0.384. The number of carbonyl (C=O) groups is 1. The van der Waals surface area contributed by atoms with Gasteiger partial charge in [-0.15, -0.1) is 0 Å². The predicted molar refractivity (Wildman–Crippen MR) is 100 cm³/mol. The van der Waals surface area contributed by atoms with Crippen LogP contribution in [0.15, 0.2) is 65.2 Å². The second-order valence-corrected chi connectivity index (χ2v) is 6.18. The Bertz CT molecular complexity index is 937. The maximum atomic E-state index is 12.4. The maximum Gasteiger partial charge on any atom is 0.270 e. The van der Waals surface area contributed by atoms with Crippen LogP contribution in [-0.2, 0) is 6.42 Å². The monoisotopic (exact) mass is 365 g/mol. The summed E-state index contributed by atoms with van der Waals surface area (Å²) in [5.74, 6) is 0.506. The smallest absolute Gasteiger partial charge is 0.270 e. The zero-order valence-electron chi connectivity index (χ0n) is 14.9. The van der Waals surface area contributed by atoms with Crippen LogP contribution in [0.3, 0.4) is 0 Å². The van der Waals surface area contributed by atoms with Crippen LogP contribution in [0.1, 0.15) is 22.5 Å². The minimum absolute atomic E-state index is 0.0932. The van der Waals surface area contributed by atoms with E-state index < -0.39 is 4.92 Å². The minimum Gasteiger partial charge on any atom is -0.361 e. The summed E-state index contributed by atoms with van der Waals surface area (Å²) in [5.41, 5.74) is 1.99. The number of nitro groups is 1. The van der Waals surface area contributed by atoms with E-state index in [1.165, 1.54) is 18.2 Å². The molecule has 1 aromatic heterocycles. The number of nitro benzene ring substituents is 1. The van der Waals surface area contributed by atoms with Gasteiger partial charge in [0.15, 0.2) is 0 Å². The van der Waals surface area contributed by atoms with Crippen molar-refractivity contribution in [2.45, 2.75) is 12.8 Å². The topological polar surface area (TPSA) is 89.5 Å². The van der Waals surface area contributed by atoms with Gasteiger partial charge in [-0.05, 0) is 12.5 Å². The van der Waals surface area contributed by atoms with Crippen molar-refractivity contribution in [3.05, 3.63) is 82.1 Å². The molecule has 0 fully saturated rings. The Morgan fingerprint density at radius 2 is 1.93 bits per heavy atom. The lowest BCUT2D eigenvalue weighted by atomic mass is 10.1. The van der Waals surface area contributed by atoms with Gasteiger partial charge in [-0.25, -0.2) is 0 Å². The van der Waals surface area contributed by atoms with Crippen LogP contribution in [-0.4, -0.2) is 34.5 Å². The van der Waals surface area contributed by atoms with E-state index in [0.717, 1.165) is 17.0 Å². The Balaban J connectivity index is 1.54. The van der Waals surface area contributed by atoms with Crippen LogP contribution in [0.4, 0.5) is 5.69 Å². The molecule has 0 bridgehead atoms. The van der Waals surface area contributed by atoms with Gasteiger partial charge in [-0.1, -0.05) is 41.6 Å². The number of aromatic nitrogens is 1. The quantitative estimate of drug-likeness (QED) is 0.467. The first-order valence-electron chi connectivity index (χ1n) is 8.55. The summed E-state index contributed by atoms with van der Waals surface area (Å²) in [7, 11) is 1.68. The van der Waals surface area contributed by atoms with Crippen molar-refractivity contribution in [2.24, 2.45) is 0 Å². The van der Waals surface area contributed by atoms with Gasteiger partial charge in [0, 0.05) is 49.3 Å². The van der Waals surface area contributed by atoms with Crippen LogP contribution in [0, 0.1) is 10.1 Å². The Morgan fingerprint density at radius 1 is 1.15 bits per heavy atom. The van der Waals surface area contributed by atoms with Crippen LogP contribution in [0.25, 0.3) is 11.3 Å². The van der Waals surface area contributed by atoms with Gasteiger partial charge in [0.2, 0.25) is 0 Å². The van der Waals surface area contributed by atoms with Crippen LogP contribution < -0.4 is 0 Å². The summed E-state index contributed by atoms with van der Waals surface area (Å²) in [6.45, 7) is 0.503. The summed E-state index contributed by atoms with van der Waals surface area (Å²) in [6, 6.07) is 17.4. The van der Waals surface area contributed by atoms with Gasteiger partial charge >= 0.3 is 0 Å². The molecule has 0 unspecified atom stereocenters. The molecule has 27 heavy (non-hydrogen) atoms. The SMILES string of the molecule is CN(CCCc1cc(-c2ccccc2)no1)C(=O)c1cccc([N+](=O)[O-])c1. The highest BCUT2D eigenvalue weighted by atomic mass is 16.6. The molecule has 0 N–H and O–H groups in total. The van der Waals surface area contributed by atoms with E-state index >= 15 is 0 Å². The minimum atomic E-state index is -0.509. The molecule has 7 nitrogen and oxygen atoms in total. The Kier molecular flexibility index (Phi) is 5.61. The number of benzene rings is 2. The highest BCUT2D eigenvalue weighted by Crippen LogP contribution is 2.19. The number of nitrogens with zero attached hydrogens (tertiary/aromatic N) is 3. The third-order valence-corrected chi connectivity index (χ3v) is 4.20. The highest BCUT2D eigenvalue weighted by molar-refractivity contribution is 5.94. The second-order valence-electron chi connectivity index (χ2n) is 6.18. The van der Waals surface area contributed by atoms with Crippen LogP contribution >= 0.6 is 0 Å². The molecule has 0 saturated carbocycles. The largest absolute Gasteiger partial charge is 0.361 e. The van der Waals surface area contributed by atoms with Crippen LogP contribution in [0.5, 0.6) is 0 Å². The molecule has 0 radical (unpaired) electrons. The first-order chi connectivity index (χ1) is 13.0. The number of rotatable bonds is 7. The first-order valence-corrected chi connectivity index (χ1v) is 8.55. The molecule has 3 aromatic rings. The summed E-state index contributed by atoms with van der Waals surface area (Å²) < 4.78 is 5.36. The summed E-state index contributed by atoms with van der Waals surface area (Å²) in [4.78, 5) is 24.3. The van der Waals surface area contributed by atoms with E-state index in [0.29, 0.717) is 24.9 Å². The average molecular weight is 365 g/mol. The Morgan fingerprint density at radius 3 is 2.67 bits per heavy atom. The molecule has 0 spiro atoms. The van der Waals surface area contributed by atoms with Gasteiger partial charge in [0.25, 0.3) is 11.6 Å². The van der Waals surface area contributed by atoms with Crippen molar-refractivity contribution in [2.75, 3.05) is 13.6 Å². The number of hydrogen-bond acceptors (Lipinski definition) is 5. The highest BCUT2D eigenvalue weighted by Gasteiger charge is 2.15. The first kappa shape index (κ1) is 18.3. The number of aryl methyl sites for hydroxylation is 1. The fourth-order valence-electron chi connectivity index (χ4n) is 2.74. The van der Waals surface area contributed by atoms with E-state index in [9.17, 15) is 14.9 Å². The van der Waals surface area contributed by atoms with Crippen molar-refractivity contribution in [3.63, 3.8) is 0 Å². The predicted octanol–water partition coefficient (Wildman–Crippen LogP) is 3.95. The molecule has 0 aliphatic carbocycles. The van der Waals surface area contributed by atoms with Gasteiger partial charge in [0.1, 0.15) is 11.5 Å². The molecule has 7 heteroatoms. The number of amides is 1. The van der Waals surface area contributed by atoms with Gasteiger partial charge in [0.05, 0.1) is 4.92 Å². The number of carbonyl (C=O) groups excluding carboxylic acids is 1. The fourth-order valence-corrected chi connectivity index (χ4v) is 2.74. The molecule has 3 rings (SSSR count). The molecule has 0 saturated heterocycles. The zero-order chi connectivity index (χ0) is 19.2. The lowest BCUT2D eigenvalue weighted by Crippen LogP contribution is -2.28. The molecular formula is C20H19N3O4. The molecule has 138 valence electrons. The lowest BCUT2D eigenvalue weighted by Gasteiger charge is -2.16. The third-order valence-electron chi connectivity index (χ3n) is 4.20. The van der Waals surface area contributed by atoms with E-state index in [2.05, 4.69) is 5.16 Å². The summed E-state index contributed by atoms with van der Waals surface area (Å²) >= 11 is 0. The van der Waals surface area contributed by atoms with Crippen molar-refractivity contribution in [1.82, 2.24) is 10.1 Å².